The fourth-order valence-corrected chi connectivity index (χ4v) is 3.83. The largest absolute Gasteiger partial charge is 0.375 e. The van der Waals surface area contributed by atoms with E-state index in [0.29, 0.717) is 0 Å². The number of halogens is 1. The Hall–Kier alpha value is 0.0162. The molecule has 0 rings (SSSR count). The van der Waals surface area contributed by atoms with Gasteiger partial charge in [-0.15, -0.1) is 33.7 Å². The molecule has 0 saturated carbocycles. The average Bonchev–Trinajstić information content (AvgIpc) is 2.37. The third-order valence-electron chi connectivity index (χ3n) is 3.58. The van der Waals surface area contributed by atoms with E-state index in [-0.39, 0.29) is 32.8 Å². The summed E-state index contributed by atoms with van der Waals surface area (Å²) in [4.78, 5) is 0. The molecule has 0 aromatic rings. The standard InChI is InChI=1S/2C10H17.ClH.Mg/c2*1-5-10(4)8-6-7-9(2)3;;/h2*5,7H,1,6,8H2,2-4H3;1H;/b2*10-5+;;. The predicted octanol–water partition coefficient (Wildman–Crippen LogP) is 7.33. The second-order valence-electron chi connectivity index (χ2n) is 6.67. The van der Waals surface area contributed by atoms with Crippen LogP contribution in [0.3, 0.4) is 0 Å². The lowest BCUT2D eigenvalue weighted by atomic mass is 10.1. The molecule has 0 aliphatic rings. The normalized spacial score (nSPS) is 11.4. The lowest BCUT2D eigenvalue weighted by Gasteiger charge is -2.00. The van der Waals surface area contributed by atoms with Gasteiger partial charge in [0.2, 0.25) is 0 Å². The second-order valence-corrected chi connectivity index (χ2v) is 8.53. The number of hydrogen-bond donors (Lipinski definition) is 0. The van der Waals surface area contributed by atoms with Gasteiger partial charge in [-0.1, -0.05) is 34.4 Å². The van der Waals surface area contributed by atoms with E-state index in [0.717, 1.165) is 0 Å². The van der Waals surface area contributed by atoms with Gasteiger partial charge in [0.05, 0.1) is 0 Å². The molecule has 22 heavy (non-hydrogen) atoms. The summed E-state index contributed by atoms with van der Waals surface area (Å²) in [6.07, 6.45) is 14.5. The maximum atomic E-state index is 2.48. The summed E-state index contributed by atoms with van der Waals surface area (Å²) in [6, 6.07) is 0. The highest BCUT2D eigenvalue weighted by Crippen LogP contribution is 2.10. The summed E-state index contributed by atoms with van der Waals surface area (Å²) in [7, 11) is 0. The molecular weight excluding hydrogens is 300 g/mol. The highest BCUT2D eigenvalue weighted by molar-refractivity contribution is 6.36. The zero-order valence-corrected chi connectivity index (χ0v) is 17.9. The molecule has 0 aromatic heterocycles. The third-order valence-corrected chi connectivity index (χ3v) is 4.97. The summed E-state index contributed by atoms with van der Waals surface area (Å²) in [5, 5.41) is 0. The van der Waals surface area contributed by atoms with Crippen molar-refractivity contribution >= 4 is 32.8 Å². The molecule has 0 amide bonds. The van der Waals surface area contributed by atoms with Gasteiger partial charge in [0.1, 0.15) is 0 Å². The summed E-state index contributed by atoms with van der Waals surface area (Å²) in [6.45, 7) is 13.3. The molecule has 124 valence electrons. The first kappa shape index (κ1) is 24.3. The molecule has 0 aliphatic carbocycles. The van der Waals surface area contributed by atoms with E-state index < -0.39 is 0 Å². The molecule has 0 saturated heterocycles. The van der Waals surface area contributed by atoms with E-state index in [9.17, 15) is 0 Å². The molecule has 0 bridgehead atoms. The van der Waals surface area contributed by atoms with Crippen LogP contribution in [0.15, 0.2) is 46.6 Å². The fourth-order valence-electron chi connectivity index (χ4n) is 2.20. The third kappa shape index (κ3) is 18.1. The Balaban J connectivity index is 0. The van der Waals surface area contributed by atoms with Crippen molar-refractivity contribution in [3.8, 4) is 0 Å². The zero-order chi connectivity index (χ0) is 16.1. The van der Waals surface area contributed by atoms with Gasteiger partial charge in [-0.2, -0.15) is 0 Å². The Bertz CT molecular complexity index is 354. The molecule has 0 heterocycles. The van der Waals surface area contributed by atoms with Crippen LogP contribution in [0, 0.1) is 0 Å². The monoisotopic (exact) mass is 334 g/mol. The SMILES string of the molecule is CC(C)=CCC/C(C)=C/[CH2][Mg][CH2]/C=C(\C)CCC=C(C)C.Cl. The van der Waals surface area contributed by atoms with Gasteiger partial charge >= 0.3 is 20.4 Å². The van der Waals surface area contributed by atoms with Crippen LogP contribution in [-0.4, -0.2) is 20.4 Å². The van der Waals surface area contributed by atoms with Gasteiger partial charge in [0, 0.05) is 0 Å². The van der Waals surface area contributed by atoms with Crippen molar-refractivity contribution in [1.82, 2.24) is 0 Å². The molecule has 0 fully saturated rings. The molecule has 0 radical (unpaired) electrons. The number of rotatable bonds is 10. The van der Waals surface area contributed by atoms with E-state index >= 15 is 0 Å². The molecule has 0 N–H and O–H groups in total. The van der Waals surface area contributed by atoms with Gasteiger partial charge in [0.25, 0.3) is 0 Å². The van der Waals surface area contributed by atoms with Crippen molar-refractivity contribution in [2.45, 2.75) is 76.3 Å². The van der Waals surface area contributed by atoms with Gasteiger partial charge in [0.15, 0.2) is 0 Å². The van der Waals surface area contributed by atoms with Gasteiger partial charge in [-0.05, 0) is 67.2 Å². The molecular formula is C20H35ClMg. The molecule has 0 atom stereocenters. The minimum Gasteiger partial charge on any atom is -0.147 e. The smallest absolute Gasteiger partial charge is 0.147 e. The van der Waals surface area contributed by atoms with Crippen molar-refractivity contribution in [2.75, 3.05) is 0 Å². The molecule has 0 spiro atoms. The van der Waals surface area contributed by atoms with E-state index in [1.54, 1.807) is 11.1 Å². The lowest BCUT2D eigenvalue weighted by molar-refractivity contribution is 0.961. The highest BCUT2D eigenvalue weighted by Gasteiger charge is 1.94. The van der Waals surface area contributed by atoms with E-state index in [4.69, 9.17) is 0 Å². The van der Waals surface area contributed by atoms with Crippen LogP contribution in [0.2, 0.25) is 9.10 Å². The second kappa shape index (κ2) is 15.9. The maximum Gasteiger partial charge on any atom is 0.375 e. The zero-order valence-electron chi connectivity index (χ0n) is 15.7. The molecule has 0 unspecified atom stereocenters. The van der Waals surface area contributed by atoms with E-state index in [1.165, 1.54) is 45.9 Å². The van der Waals surface area contributed by atoms with Crippen molar-refractivity contribution in [1.29, 1.82) is 0 Å². The summed E-state index contributed by atoms with van der Waals surface area (Å²) >= 11 is 0.0643. The van der Waals surface area contributed by atoms with Crippen LogP contribution < -0.4 is 0 Å². The molecule has 0 nitrogen and oxygen atoms in total. The van der Waals surface area contributed by atoms with Crippen molar-refractivity contribution in [2.24, 2.45) is 0 Å². The Kier molecular flexibility index (Phi) is 17.5. The van der Waals surface area contributed by atoms with Crippen LogP contribution in [-0.2, 0) is 0 Å². The van der Waals surface area contributed by atoms with Crippen molar-refractivity contribution < 1.29 is 0 Å². The number of allylic oxidation sites excluding steroid dienone is 8. The first-order chi connectivity index (χ1) is 9.91. The minimum absolute atomic E-state index is 0. The maximum absolute atomic E-state index is 2.48. The minimum atomic E-state index is 0. The summed E-state index contributed by atoms with van der Waals surface area (Å²) < 4.78 is 2.72. The first-order valence-corrected chi connectivity index (χ1v) is 10.5. The summed E-state index contributed by atoms with van der Waals surface area (Å²) in [5.74, 6) is 0. The predicted molar refractivity (Wildman–Crippen MR) is 107 cm³/mol. The van der Waals surface area contributed by atoms with Crippen LogP contribution >= 0.6 is 12.4 Å². The quantitative estimate of drug-likeness (QED) is 0.223. The van der Waals surface area contributed by atoms with Gasteiger partial charge < -0.3 is 0 Å². The Morgan fingerprint density at radius 1 is 0.636 bits per heavy atom. The number of hydrogen-bond acceptors (Lipinski definition) is 0. The average molecular weight is 335 g/mol. The van der Waals surface area contributed by atoms with Crippen LogP contribution in [0.5, 0.6) is 0 Å². The topological polar surface area (TPSA) is 0 Å². The Morgan fingerprint density at radius 3 is 1.32 bits per heavy atom. The Morgan fingerprint density at radius 2 is 1.00 bits per heavy atom. The van der Waals surface area contributed by atoms with Crippen LogP contribution in [0.4, 0.5) is 0 Å². The molecule has 0 aliphatic heterocycles. The Labute approximate surface area is 155 Å². The first-order valence-electron chi connectivity index (χ1n) is 8.49. The van der Waals surface area contributed by atoms with Crippen LogP contribution in [0.25, 0.3) is 0 Å². The fraction of sp³-hybridized carbons (Fsp3) is 0.600. The van der Waals surface area contributed by atoms with Gasteiger partial charge in [-0.3, -0.25) is 0 Å². The summed E-state index contributed by atoms with van der Waals surface area (Å²) in [5.41, 5.74) is 6.02. The highest BCUT2D eigenvalue weighted by atomic mass is 35.5. The van der Waals surface area contributed by atoms with Crippen molar-refractivity contribution in [3.05, 3.63) is 46.6 Å². The van der Waals surface area contributed by atoms with Crippen molar-refractivity contribution in [3.63, 3.8) is 0 Å². The molecule has 2 heteroatoms. The van der Waals surface area contributed by atoms with Crippen LogP contribution in [0.1, 0.15) is 67.2 Å². The van der Waals surface area contributed by atoms with E-state index in [1.807, 2.05) is 0 Å². The van der Waals surface area contributed by atoms with E-state index in [2.05, 4.69) is 65.8 Å². The lowest BCUT2D eigenvalue weighted by Crippen LogP contribution is -1.87. The molecule has 0 aromatic carbocycles. The van der Waals surface area contributed by atoms with Gasteiger partial charge in [-0.25, -0.2) is 0 Å².